The van der Waals surface area contributed by atoms with Crippen molar-refractivity contribution in [2.24, 2.45) is 0 Å². The van der Waals surface area contributed by atoms with Crippen molar-refractivity contribution in [3.05, 3.63) is 30.1 Å². The number of rotatable bonds is 4. The van der Waals surface area contributed by atoms with E-state index in [1.807, 2.05) is 19.4 Å². The van der Waals surface area contributed by atoms with Crippen LogP contribution in [0.3, 0.4) is 0 Å². The molecule has 4 nitrogen and oxygen atoms in total. The van der Waals surface area contributed by atoms with Gasteiger partial charge in [-0.2, -0.15) is 0 Å². The second kappa shape index (κ2) is 5.99. The maximum atomic E-state index is 6.10. The molecule has 0 bridgehead atoms. The number of pyridine rings is 1. The third-order valence-electron chi connectivity index (χ3n) is 4.44. The lowest BCUT2D eigenvalue weighted by Crippen LogP contribution is -2.54. The van der Waals surface area contributed by atoms with Crippen molar-refractivity contribution in [1.82, 2.24) is 15.2 Å². The van der Waals surface area contributed by atoms with Crippen LogP contribution in [0.5, 0.6) is 0 Å². The predicted octanol–water partition coefficient (Wildman–Crippen LogP) is 1.08. The number of likely N-dealkylation sites (N-methyl/N-ethyl adjacent to an activating group) is 1. The lowest BCUT2D eigenvalue weighted by molar-refractivity contribution is -0.0634. The largest absolute Gasteiger partial charge is 0.374 e. The van der Waals surface area contributed by atoms with Gasteiger partial charge in [0.05, 0.1) is 12.7 Å². The SMILES string of the molecule is CNC(Cc1ccncc1)C1CN2CCCC2CO1. The molecule has 0 saturated carbocycles. The first-order valence-electron chi connectivity index (χ1n) is 7.28. The summed E-state index contributed by atoms with van der Waals surface area (Å²) in [6.45, 7) is 3.22. The Morgan fingerprint density at radius 2 is 2.32 bits per heavy atom. The van der Waals surface area contributed by atoms with Crippen LogP contribution >= 0.6 is 0 Å². The first-order chi connectivity index (χ1) is 9.36. The van der Waals surface area contributed by atoms with Crippen LogP contribution in [0.1, 0.15) is 18.4 Å². The minimum atomic E-state index is 0.299. The van der Waals surface area contributed by atoms with Crippen molar-refractivity contribution in [2.75, 3.05) is 26.7 Å². The molecular formula is C15H23N3O. The molecular weight excluding hydrogens is 238 g/mol. The van der Waals surface area contributed by atoms with E-state index in [4.69, 9.17) is 4.74 Å². The number of hydrogen-bond acceptors (Lipinski definition) is 4. The number of nitrogens with one attached hydrogen (secondary N) is 1. The molecule has 4 heteroatoms. The summed E-state index contributed by atoms with van der Waals surface area (Å²) >= 11 is 0. The average molecular weight is 261 g/mol. The van der Waals surface area contributed by atoms with Crippen LogP contribution < -0.4 is 5.32 Å². The lowest BCUT2D eigenvalue weighted by Gasteiger charge is -2.38. The van der Waals surface area contributed by atoms with Gasteiger partial charge in [0.15, 0.2) is 0 Å². The van der Waals surface area contributed by atoms with Gasteiger partial charge >= 0.3 is 0 Å². The van der Waals surface area contributed by atoms with Crippen LogP contribution in [0.2, 0.25) is 0 Å². The Labute approximate surface area is 115 Å². The van der Waals surface area contributed by atoms with E-state index >= 15 is 0 Å². The molecule has 2 aliphatic rings. The highest BCUT2D eigenvalue weighted by atomic mass is 16.5. The van der Waals surface area contributed by atoms with Crippen molar-refractivity contribution in [3.63, 3.8) is 0 Å². The summed E-state index contributed by atoms with van der Waals surface area (Å²) in [7, 11) is 2.03. The fraction of sp³-hybridized carbons (Fsp3) is 0.667. The Morgan fingerprint density at radius 1 is 1.47 bits per heavy atom. The Balaban J connectivity index is 1.62. The van der Waals surface area contributed by atoms with E-state index in [2.05, 4.69) is 27.3 Å². The van der Waals surface area contributed by atoms with Gasteiger partial charge in [0.2, 0.25) is 0 Å². The Kier molecular flexibility index (Phi) is 4.11. The quantitative estimate of drug-likeness (QED) is 0.880. The van der Waals surface area contributed by atoms with Gasteiger partial charge in [0, 0.05) is 31.0 Å². The molecule has 0 aliphatic carbocycles. The molecule has 1 aromatic heterocycles. The molecule has 0 radical (unpaired) electrons. The maximum Gasteiger partial charge on any atom is 0.0858 e. The average Bonchev–Trinajstić information content (AvgIpc) is 2.93. The molecule has 1 N–H and O–H groups in total. The molecule has 3 heterocycles. The first kappa shape index (κ1) is 13.0. The van der Waals surface area contributed by atoms with Crippen LogP contribution in [-0.4, -0.2) is 54.8 Å². The van der Waals surface area contributed by atoms with Gasteiger partial charge in [0.1, 0.15) is 0 Å². The molecule has 0 spiro atoms. The predicted molar refractivity (Wildman–Crippen MR) is 75.1 cm³/mol. The number of aromatic nitrogens is 1. The van der Waals surface area contributed by atoms with Gasteiger partial charge < -0.3 is 10.1 Å². The summed E-state index contributed by atoms with van der Waals surface area (Å²) < 4.78 is 6.10. The van der Waals surface area contributed by atoms with E-state index in [1.165, 1.54) is 24.9 Å². The van der Waals surface area contributed by atoms with Gasteiger partial charge in [0.25, 0.3) is 0 Å². The van der Waals surface area contributed by atoms with Crippen molar-refractivity contribution < 1.29 is 4.74 Å². The van der Waals surface area contributed by atoms with Gasteiger partial charge in [-0.15, -0.1) is 0 Å². The van der Waals surface area contributed by atoms with Gasteiger partial charge in [-0.1, -0.05) is 0 Å². The third-order valence-corrected chi connectivity index (χ3v) is 4.44. The van der Waals surface area contributed by atoms with Gasteiger partial charge in [-0.3, -0.25) is 9.88 Å². The Hall–Kier alpha value is -0.970. The van der Waals surface area contributed by atoms with Crippen LogP contribution in [0.25, 0.3) is 0 Å². The van der Waals surface area contributed by atoms with Crippen molar-refractivity contribution >= 4 is 0 Å². The summed E-state index contributed by atoms with van der Waals surface area (Å²) in [5.74, 6) is 0. The van der Waals surface area contributed by atoms with Crippen molar-refractivity contribution in [1.29, 1.82) is 0 Å². The van der Waals surface area contributed by atoms with Gasteiger partial charge in [-0.05, 0) is 50.6 Å². The van der Waals surface area contributed by atoms with E-state index < -0.39 is 0 Å². The molecule has 0 aromatic carbocycles. The molecule has 0 amide bonds. The topological polar surface area (TPSA) is 37.4 Å². The highest BCUT2D eigenvalue weighted by Crippen LogP contribution is 2.24. The number of nitrogens with zero attached hydrogens (tertiary/aromatic N) is 2. The molecule has 3 rings (SSSR count). The Morgan fingerprint density at radius 3 is 3.11 bits per heavy atom. The minimum absolute atomic E-state index is 0.299. The summed E-state index contributed by atoms with van der Waals surface area (Å²) in [4.78, 5) is 6.68. The summed E-state index contributed by atoms with van der Waals surface area (Å²) in [6, 6.07) is 5.23. The van der Waals surface area contributed by atoms with E-state index in [0.29, 0.717) is 18.2 Å². The zero-order valence-corrected chi connectivity index (χ0v) is 11.6. The zero-order chi connectivity index (χ0) is 13.1. The fourth-order valence-electron chi connectivity index (χ4n) is 3.28. The standard InChI is InChI=1S/C15H23N3O/c1-16-14(9-12-4-6-17-7-5-12)15-10-18-8-2-3-13(18)11-19-15/h4-7,13-16H,2-3,8-11H2,1H3. The summed E-state index contributed by atoms with van der Waals surface area (Å²) in [6.07, 6.45) is 7.66. The van der Waals surface area contributed by atoms with Crippen LogP contribution in [0.15, 0.2) is 24.5 Å². The number of ether oxygens (including phenoxy) is 1. The molecule has 104 valence electrons. The highest BCUT2D eigenvalue weighted by molar-refractivity contribution is 5.12. The number of fused-ring (bicyclic) bond motifs is 1. The second-order valence-corrected chi connectivity index (χ2v) is 5.62. The number of morpholine rings is 1. The van der Waals surface area contributed by atoms with Crippen LogP contribution in [-0.2, 0) is 11.2 Å². The smallest absolute Gasteiger partial charge is 0.0858 e. The molecule has 2 aliphatic heterocycles. The highest BCUT2D eigenvalue weighted by Gasteiger charge is 2.35. The zero-order valence-electron chi connectivity index (χ0n) is 11.6. The molecule has 3 unspecified atom stereocenters. The third kappa shape index (κ3) is 2.96. The molecule has 2 saturated heterocycles. The molecule has 2 fully saturated rings. The first-order valence-corrected chi connectivity index (χ1v) is 7.28. The molecule has 19 heavy (non-hydrogen) atoms. The molecule has 3 atom stereocenters. The van der Waals surface area contributed by atoms with Crippen LogP contribution in [0, 0.1) is 0 Å². The lowest BCUT2D eigenvalue weighted by atomic mass is 10.0. The van der Waals surface area contributed by atoms with E-state index in [9.17, 15) is 0 Å². The minimum Gasteiger partial charge on any atom is -0.374 e. The van der Waals surface area contributed by atoms with E-state index in [-0.39, 0.29) is 0 Å². The molecule has 1 aromatic rings. The maximum absolute atomic E-state index is 6.10. The van der Waals surface area contributed by atoms with Crippen LogP contribution in [0.4, 0.5) is 0 Å². The van der Waals surface area contributed by atoms with Crippen molar-refractivity contribution in [2.45, 2.75) is 37.5 Å². The summed E-state index contributed by atoms with van der Waals surface area (Å²) in [5.41, 5.74) is 1.32. The second-order valence-electron chi connectivity index (χ2n) is 5.62. The van der Waals surface area contributed by atoms with Crippen molar-refractivity contribution in [3.8, 4) is 0 Å². The van der Waals surface area contributed by atoms with Gasteiger partial charge in [-0.25, -0.2) is 0 Å². The van der Waals surface area contributed by atoms with E-state index in [1.54, 1.807) is 0 Å². The fourth-order valence-corrected chi connectivity index (χ4v) is 3.28. The Bertz CT molecular complexity index is 398. The number of hydrogen-bond donors (Lipinski definition) is 1. The monoisotopic (exact) mass is 261 g/mol. The normalized spacial score (nSPS) is 29.1. The summed E-state index contributed by atoms with van der Waals surface area (Å²) in [5, 5.41) is 3.43. The van der Waals surface area contributed by atoms with E-state index in [0.717, 1.165) is 19.6 Å².